The summed E-state index contributed by atoms with van der Waals surface area (Å²) in [6, 6.07) is 26.1. The highest BCUT2D eigenvalue weighted by molar-refractivity contribution is 6.99. The molecule has 0 atom stereocenters. The number of benzene rings is 3. The molecule has 0 saturated heterocycles. The van der Waals surface area contributed by atoms with Crippen LogP contribution in [-0.2, 0) is 16.4 Å². The van der Waals surface area contributed by atoms with Gasteiger partial charge in [0.15, 0.2) is 11.5 Å². The van der Waals surface area contributed by atoms with Gasteiger partial charge in [-0.2, -0.15) is 0 Å². The molecule has 0 bridgehead atoms. The molecule has 0 unspecified atom stereocenters. The molecule has 5 heteroatoms. The van der Waals surface area contributed by atoms with E-state index >= 15 is 0 Å². The predicted molar refractivity (Wildman–Crippen MR) is 156 cm³/mol. The van der Waals surface area contributed by atoms with Crippen LogP contribution in [0.5, 0.6) is 11.5 Å². The van der Waals surface area contributed by atoms with Crippen molar-refractivity contribution in [3.05, 3.63) is 108 Å². The lowest BCUT2D eigenvalue weighted by Gasteiger charge is -2.45. The number of fused-ring (bicyclic) bond motifs is 3. The van der Waals surface area contributed by atoms with E-state index in [0.29, 0.717) is 6.79 Å². The predicted octanol–water partition coefficient (Wildman–Crippen LogP) is 5.56. The van der Waals surface area contributed by atoms with Crippen LogP contribution in [-0.4, -0.2) is 39.7 Å². The fourth-order valence-corrected chi connectivity index (χ4v) is 11.0. The molecule has 196 valence electrons. The third-order valence-electron chi connectivity index (χ3n) is 8.34. The third-order valence-corrected chi connectivity index (χ3v) is 13.4. The molecular weight excluding hydrogens is 486 g/mol. The van der Waals surface area contributed by atoms with Gasteiger partial charge in [-0.3, -0.25) is 0 Å². The van der Waals surface area contributed by atoms with Crippen molar-refractivity contribution in [2.45, 2.75) is 50.3 Å². The standard InChI is InChI=1S/C33H37NO3Si/c1-32(2,3)38(27-11-7-5-8-12-27,28-13-9-6-10-14-28)37-26-15-17-33(18-16-26)19-20-34(4)23-25-21-30-31(22-29(25)33)36-24-35-30/h5-18,21-22,26H,19-20,23-24H2,1-4H3. The second-order valence-corrected chi connectivity index (χ2v) is 16.1. The van der Waals surface area contributed by atoms with E-state index in [-0.39, 0.29) is 16.6 Å². The fourth-order valence-electron chi connectivity index (χ4n) is 6.40. The molecule has 2 heterocycles. The van der Waals surface area contributed by atoms with Crippen molar-refractivity contribution >= 4 is 18.7 Å². The Bertz CT molecular complexity index is 1310. The van der Waals surface area contributed by atoms with Crippen molar-refractivity contribution in [3.8, 4) is 11.5 Å². The van der Waals surface area contributed by atoms with Crippen LogP contribution in [0.15, 0.2) is 97.1 Å². The van der Waals surface area contributed by atoms with Gasteiger partial charge < -0.3 is 18.8 Å². The Labute approximate surface area is 227 Å². The summed E-state index contributed by atoms with van der Waals surface area (Å²) >= 11 is 0. The molecule has 1 aliphatic carbocycles. The number of rotatable bonds is 4. The number of hydrogen-bond donors (Lipinski definition) is 0. The Kier molecular flexibility index (Phi) is 6.33. The second-order valence-electron chi connectivity index (χ2n) is 11.9. The fraction of sp³-hybridized carbons (Fsp3) is 0.333. The lowest BCUT2D eigenvalue weighted by atomic mass is 9.73. The Hall–Kier alpha value is -3.12. The Balaban J connectivity index is 1.40. The van der Waals surface area contributed by atoms with Gasteiger partial charge in [0.1, 0.15) is 0 Å². The molecule has 0 aromatic heterocycles. The first-order valence-electron chi connectivity index (χ1n) is 13.6. The molecule has 0 amide bonds. The van der Waals surface area contributed by atoms with Crippen LogP contribution in [0.4, 0.5) is 0 Å². The van der Waals surface area contributed by atoms with Crippen molar-refractivity contribution in [3.63, 3.8) is 0 Å². The molecule has 1 spiro atoms. The molecule has 0 saturated carbocycles. The van der Waals surface area contributed by atoms with E-state index in [4.69, 9.17) is 13.9 Å². The average Bonchev–Trinajstić information content (AvgIpc) is 3.34. The minimum Gasteiger partial charge on any atom is -0.454 e. The molecule has 3 aromatic rings. The molecule has 0 fully saturated rings. The molecule has 6 rings (SSSR count). The van der Waals surface area contributed by atoms with E-state index in [2.05, 4.69) is 130 Å². The van der Waals surface area contributed by atoms with Gasteiger partial charge in [0, 0.05) is 12.0 Å². The van der Waals surface area contributed by atoms with E-state index < -0.39 is 8.32 Å². The second kappa shape index (κ2) is 9.56. The first-order valence-corrected chi connectivity index (χ1v) is 15.5. The summed E-state index contributed by atoms with van der Waals surface area (Å²) in [5.74, 6) is 1.70. The largest absolute Gasteiger partial charge is 0.454 e. The summed E-state index contributed by atoms with van der Waals surface area (Å²) in [6.07, 6.45) is 10.3. The molecule has 3 aliphatic rings. The first kappa shape index (κ1) is 25.2. The highest BCUT2D eigenvalue weighted by Crippen LogP contribution is 2.45. The topological polar surface area (TPSA) is 30.9 Å². The zero-order valence-electron chi connectivity index (χ0n) is 22.8. The van der Waals surface area contributed by atoms with Crippen LogP contribution >= 0.6 is 0 Å². The Morgan fingerprint density at radius 2 is 1.45 bits per heavy atom. The molecule has 4 nitrogen and oxygen atoms in total. The Morgan fingerprint density at radius 3 is 2.03 bits per heavy atom. The van der Waals surface area contributed by atoms with Crippen molar-refractivity contribution in [1.29, 1.82) is 0 Å². The lowest BCUT2D eigenvalue weighted by molar-refractivity contribution is 0.173. The maximum absolute atomic E-state index is 7.37. The van der Waals surface area contributed by atoms with Crippen LogP contribution in [0.2, 0.25) is 5.04 Å². The van der Waals surface area contributed by atoms with E-state index in [0.717, 1.165) is 31.0 Å². The van der Waals surface area contributed by atoms with Gasteiger partial charge in [0.25, 0.3) is 8.32 Å². The average molecular weight is 524 g/mol. The van der Waals surface area contributed by atoms with Crippen LogP contribution in [0, 0.1) is 0 Å². The third kappa shape index (κ3) is 4.23. The molecular formula is C33H37NO3Si. The maximum Gasteiger partial charge on any atom is 0.262 e. The number of ether oxygens (including phenoxy) is 2. The summed E-state index contributed by atoms with van der Waals surface area (Å²) in [5, 5.41) is 2.53. The van der Waals surface area contributed by atoms with Gasteiger partial charge in [-0.25, -0.2) is 0 Å². The van der Waals surface area contributed by atoms with Gasteiger partial charge in [0.2, 0.25) is 6.79 Å². The van der Waals surface area contributed by atoms with Crippen molar-refractivity contribution in [1.82, 2.24) is 4.90 Å². The molecule has 3 aromatic carbocycles. The SMILES string of the molecule is CN1CCC2(C=CC(O[Si](c3ccccc3)(c3ccccc3)C(C)(C)C)C=C2)c2cc3c(cc2C1)OCO3. The van der Waals surface area contributed by atoms with Gasteiger partial charge in [-0.05, 0) is 58.7 Å². The summed E-state index contributed by atoms with van der Waals surface area (Å²) in [4.78, 5) is 2.39. The minimum atomic E-state index is -2.65. The van der Waals surface area contributed by atoms with Crippen LogP contribution in [0.1, 0.15) is 38.3 Å². The quantitative estimate of drug-likeness (QED) is 0.331. The number of hydrogen-bond acceptors (Lipinski definition) is 4. The summed E-state index contributed by atoms with van der Waals surface area (Å²) in [7, 11) is -0.459. The van der Waals surface area contributed by atoms with Crippen LogP contribution < -0.4 is 19.8 Å². The number of nitrogens with zero attached hydrogens (tertiary/aromatic N) is 1. The van der Waals surface area contributed by atoms with Crippen LogP contribution in [0.25, 0.3) is 0 Å². The van der Waals surface area contributed by atoms with E-state index in [1.807, 2.05) is 0 Å². The molecule has 38 heavy (non-hydrogen) atoms. The van der Waals surface area contributed by atoms with Crippen molar-refractivity contribution in [2.24, 2.45) is 0 Å². The smallest absolute Gasteiger partial charge is 0.262 e. The summed E-state index contributed by atoms with van der Waals surface area (Å²) in [6.45, 7) is 9.19. The zero-order valence-corrected chi connectivity index (χ0v) is 23.8. The van der Waals surface area contributed by atoms with Gasteiger partial charge in [-0.1, -0.05) is 106 Å². The first-order chi connectivity index (χ1) is 18.3. The maximum atomic E-state index is 7.37. The van der Waals surface area contributed by atoms with Gasteiger partial charge in [-0.15, -0.1) is 0 Å². The number of allylic oxidation sites excluding steroid dienone is 2. The van der Waals surface area contributed by atoms with E-state index in [1.165, 1.54) is 21.5 Å². The molecule has 0 radical (unpaired) electrons. The van der Waals surface area contributed by atoms with Gasteiger partial charge >= 0.3 is 0 Å². The van der Waals surface area contributed by atoms with E-state index in [9.17, 15) is 0 Å². The normalized spacial score (nSPS) is 22.9. The minimum absolute atomic E-state index is 0.0674. The summed E-state index contributed by atoms with van der Waals surface area (Å²) in [5.41, 5.74) is 2.42. The van der Waals surface area contributed by atoms with E-state index in [1.54, 1.807) is 0 Å². The Morgan fingerprint density at radius 1 is 0.868 bits per heavy atom. The monoisotopic (exact) mass is 523 g/mol. The summed E-state index contributed by atoms with van der Waals surface area (Å²) < 4.78 is 18.9. The highest BCUT2D eigenvalue weighted by Gasteiger charge is 2.51. The highest BCUT2D eigenvalue weighted by atomic mass is 28.4. The van der Waals surface area contributed by atoms with Crippen molar-refractivity contribution < 1.29 is 13.9 Å². The zero-order chi connectivity index (χ0) is 26.4. The van der Waals surface area contributed by atoms with Crippen LogP contribution in [0.3, 0.4) is 0 Å². The lowest BCUT2D eigenvalue weighted by Crippen LogP contribution is -2.67. The van der Waals surface area contributed by atoms with Crippen molar-refractivity contribution in [2.75, 3.05) is 20.4 Å². The van der Waals surface area contributed by atoms with Gasteiger partial charge in [0.05, 0.1) is 6.10 Å². The molecule has 2 aliphatic heterocycles. The molecule has 0 N–H and O–H groups in total.